The van der Waals surface area contributed by atoms with Gasteiger partial charge in [0.2, 0.25) is 0 Å². The molecule has 0 amide bonds. The van der Waals surface area contributed by atoms with Gasteiger partial charge in [0, 0.05) is 18.2 Å². The smallest absolute Gasteiger partial charge is 0.124 e. The molecule has 2 aromatic carbocycles. The molecule has 1 aliphatic rings. The molecule has 1 nitrogen and oxygen atoms in total. The summed E-state index contributed by atoms with van der Waals surface area (Å²) in [5.41, 5.74) is 4.38. The third-order valence-corrected chi connectivity index (χ3v) is 4.00. The minimum Gasteiger partial charge on any atom is -0.310 e. The molecule has 0 atom stereocenters. The highest BCUT2D eigenvalue weighted by molar-refractivity contribution is 6.33. The van der Waals surface area contributed by atoms with Gasteiger partial charge in [-0.15, -0.1) is 0 Å². The maximum Gasteiger partial charge on any atom is 0.124 e. The van der Waals surface area contributed by atoms with Crippen molar-refractivity contribution in [3.8, 4) is 11.1 Å². The monoisotopic (exact) mass is 289 g/mol. The highest BCUT2D eigenvalue weighted by atomic mass is 35.5. The van der Waals surface area contributed by atoms with Crippen molar-refractivity contribution in [1.82, 2.24) is 5.32 Å². The van der Waals surface area contributed by atoms with Crippen LogP contribution < -0.4 is 5.32 Å². The summed E-state index contributed by atoms with van der Waals surface area (Å²) in [6, 6.07) is 11.6. The van der Waals surface area contributed by atoms with E-state index < -0.39 is 0 Å². The number of halogens is 2. The maximum absolute atomic E-state index is 13.1. The molecule has 2 aromatic rings. The fraction of sp³-hybridized carbons (Fsp3) is 0.294. The van der Waals surface area contributed by atoms with Crippen LogP contribution in [0.1, 0.15) is 24.0 Å². The lowest BCUT2D eigenvalue weighted by atomic mass is 9.98. The van der Waals surface area contributed by atoms with Crippen LogP contribution in [0.25, 0.3) is 11.1 Å². The van der Waals surface area contributed by atoms with E-state index in [9.17, 15) is 4.39 Å². The van der Waals surface area contributed by atoms with Crippen LogP contribution in [0.3, 0.4) is 0 Å². The van der Waals surface area contributed by atoms with Crippen LogP contribution in [0.4, 0.5) is 4.39 Å². The Morgan fingerprint density at radius 2 is 1.90 bits per heavy atom. The van der Waals surface area contributed by atoms with Gasteiger partial charge in [-0.1, -0.05) is 29.8 Å². The highest BCUT2D eigenvalue weighted by Crippen LogP contribution is 2.31. The van der Waals surface area contributed by atoms with Crippen molar-refractivity contribution in [2.75, 3.05) is 0 Å². The summed E-state index contributed by atoms with van der Waals surface area (Å²) in [5.74, 6) is -0.304. The van der Waals surface area contributed by atoms with E-state index in [1.54, 1.807) is 6.07 Å². The minimum atomic E-state index is -0.304. The number of hydrogen-bond donors (Lipinski definition) is 1. The van der Waals surface area contributed by atoms with Gasteiger partial charge in [-0.3, -0.25) is 0 Å². The molecule has 0 bridgehead atoms. The van der Waals surface area contributed by atoms with E-state index in [4.69, 9.17) is 11.6 Å². The zero-order chi connectivity index (χ0) is 14.1. The second kappa shape index (κ2) is 5.55. The maximum atomic E-state index is 13.1. The average molecular weight is 290 g/mol. The van der Waals surface area contributed by atoms with Crippen LogP contribution in [0.2, 0.25) is 5.02 Å². The van der Waals surface area contributed by atoms with Crippen LogP contribution in [0.5, 0.6) is 0 Å². The lowest BCUT2D eigenvalue weighted by Crippen LogP contribution is -2.15. The van der Waals surface area contributed by atoms with E-state index in [1.807, 2.05) is 0 Å². The Morgan fingerprint density at radius 1 is 1.15 bits per heavy atom. The molecule has 1 saturated carbocycles. The Morgan fingerprint density at radius 3 is 2.55 bits per heavy atom. The normalized spacial score (nSPS) is 14.6. The molecule has 0 radical (unpaired) electrons. The van der Waals surface area contributed by atoms with E-state index in [2.05, 4.69) is 30.4 Å². The van der Waals surface area contributed by atoms with Crippen molar-refractivity contribution in [2.45, 2.75) is 32.4 Å². The molecule has 104 valence electrons. The van der Waals surface area contributed by atoms with Crippen LogP contribution in [0, 0.1) is 12.7 Å². The molecule has 0 saturated heterocycles. The quantitative estimate of drug-likeness (QED) is 0.860. The molecule has 3 heteroatoms. The van der Waals surface area contributed by atoms with Crippen LogP contribution in [-0.4, -0.2) is 6.04 Å². The van der Waals surface area contributed by atoms with Crippen LogP contribution >= 0.6 is 11.6 Å². The summed E-state index contributed by atoms with van der Waals surface area (Å²) < 4.78 is 13.1. The molecule has 20 heavy (non-hydrogen) atoms. The van der Waals surface area contributed by atoms with Gasteiger partial charge >= 0.3 is 0 Å². The zero-order valence-corrected chi connectivity index (χ0v) is 12.2. The van der Waals surface area contributed by atoms with Gasteiger partial charge in [0.25, 0.3) is 0 Å². The van der Waals surface area contributed by atoms with Crippen LogP contribution in [0.15, 0.2) is 36.4 Å². The molecule has 0 unspecified atom stereocenters. The Bertz CT molecular complexity index is 635. The van der Waals surface area contributed by atoms with Crippen molar-refractivity contribution >= 4 is 11.6 Å². The second-order valence-corrected chi connectivity index (χ2v) is 5.84. The topological polar surface area (TPSA) is 12.0 Å². The lowest BCUT2D eigenvalue weighted by molar-refractivity contribution is 0.628. The standard InChI is InChI=1S/C17H17ClFN/c1-11-8-12(10-20-14-4-5-14)2-6-15(11)16-7-3-13(19)9-17(16)18/h2-3,6-9,14,20H,4-5,10H2,1H3. The van der Waals surface area contributed by atoms with Crippen molar-refractivity contribution in [2.24, 2.45) is 0 Å². The van der Waals surface area contributed by atoms with Gasteiger partial charge in [0.05, 0.1) is 5.02 Å². The molecule has 1 aliphatic carbocycles. The van der Waals surface area contributed by atoms with E-state index in [-0.39, 0.29) is 5.82 Å². The van der Waals surface area contributed by atoms with Crippen LogP contribution in [-0.2, 0) is 6.54 Å². The first-order valence-corrected chi connectivity index (χ1v) is 7.29. The van der Waals surface area contributed by atoms with Crippen molar-refractivity contribution < 1.29 is 4.39 Å². The first kappa shape index (κ1) is 13.6. The number of nitrogens with one attached hydrogen (secondary N) is 1. The number of hydrogen-bond acceptors (Lipinski definition) is 1. The van der Waals surface area contributed by atoms with Crippen molar-refractivity contribution in [1.29, 1.82) is 0 Å². The fourth-order valence-corrected chi connectivity index (χ4v) is 2.66. The summed E-state index contributed by atoms with van der Waals surface area (Å²) in [6.45, 7) is 2.97. The average Bonchev–Trinajstić information content (AvgIpc) is 3.22. The fourth-order valence-electron chi connectivity index (χ4n) is 2.40. The first-order valence-electron chi connectivity index (χ1n) is 6.92. The van der Waals surface area contributed by atoms with Gasteiger partial charge < -0.3 is 5.32 Å². The zero-order valence-electron chi connectivity index (χ0n) is 11.4. The molecule has 0 spiro atoms. The molecular weight excluding hydrogens is 273 g/mol. The summed E-state index contributed by atoms with van der Waals surface area (Å²) in [6.07, 6.45) is 2.59. The van der Waals surface area contributed by atoms with Gasteiger partial charge in [0.15, 0.2) is 0 Å². The number of aryl methyl sites for hydroxylation is 1. The van der Waals surface area contributed by atoms with Gasteiger partial charge in [-0.25, -0.2) is 4.39 Å². The Labute approximate surface area is 123 Å². The molecule has 1 fully saturated rings. The number of benzene rings is 2. The minimum absolute atomic E-state index is 0.304. The summed E-state index contributed by atoms with van der Waals surface area (Å²) in [5, 5.41) is 3.96. The SMILES string of the molecule is Cc1cc(CNC2CC2)ccc1-c1ccc(F)cc1Cl. The van der Waals surface area contributed by atoms with E-state index in [0.29, 0.717) is 11.1 Å². The predicted molar refractivity (Wildman–Crippen MR) is 81.4 cm³/mol. The van der Waals surface area contributed by atoms with E-state index in [0.717, 1.165) is 23.2 Å². The van der Waals surface area contributed by atoms with E-state index >= 15 is 0 Å². The summed E-state index contributed by atoms with van der Waals surface area (Å²) >= 11 is 6.13. The third kappa shape index (κ3) is 3.02. The van der Waals surface area contributed by atoms with Gasteiger partial charge in [0.1, 0.15) is 5.82 Å². The van der Waals surface area contributed by atoms with Crippen molar-refractivity contribution in [3.05, 3.63) is 58.4 Å². The highest BCUT2D eigenvalue weighted by Gasteiger charge is 2.20. The van der Waals surface area contributed by atoms with Crippen molar-refractivity contribution in [3.63, 3.8) is 0 Å². The molecule has 1 N–H and O–H groups in total. The molecule has 0 heterocycles. The predicted octanol–water partition coefficient (Wildman–Crippen LogP) is 4.71. The third-order valence-electron chi connectivity index (χ3n) is 3.68. The first-order chi connectivity index (χ1) is 9.63. The van der Waals surface area contributed by atoms with Gasteiger partial charge in [-0.2, -0.15) is 0 Å². The Kier molecular flexibility index (Phi) is 3.77. The lowest BCUT2D eigenvalue weighted by Gasteiger charge is -2.11. The molecule has 0 aromatic heterocycles. The Balaban J connectivity index is 1.85. The molecular formula is C17H17ClFN. The largest absolute Gasteiger partial charge is 0.310 e. The second-order valence-electron chi connectivity index (χ2n) is 5.43. The summed E-state index contributed by atoms with van der Waals surface area (Å²) in [7, 11) is 0. The molecule has 3 rings (SSSR count). The van der Waals surface area contributed by atoms with Gasteiger partial charge in [-0.05, 0) is 54.7 Å². The van der Waals surface area contributed by atoms with E-state index in [1.165, 1.54) is 30.5 Å². The number of rotatable bonds is 4. The summed E-state index contributed by atoms with van der Waals surface area (Å²) in [4.78, 5) is 0. The Hall–Kier alpha value is -1.38. The molecule has 0 aliphatic heterocycles.